The number of aromatic nitrogens is 3. The van der Waals surface area contributed by atoms with E-state index >= 15 is 0 Å². The van der Waals surface area contributed by atoms with Crippen molar-refractivity contribution in [2.24, 2.45) is 0 Å². The third kappa shape index (κ3) is 3.75. The van der Waals surface area contributed by atoms with E-state index in [1.807, 2.05) is 25.3 Å². The van der Waals surface area contributed by atoms with Crippen molar-refractivity contribution in [1.29, 1.82) is 0 Å². The maximum Gasteiger partial charge on any atom is 0.147 e. The van der Waals surface area contributed by atoms with E-state index in [2.05, 4.69) is 20.1 Å². The van der Waals surface area contributed by atoms with Crippen LogP contribution in [0, 0.1) is 5.82 Å². The van der Waals surface area contributed by atoms with Crippen LogP contribution in [0.2, 0.25) is 0 Å². The van der Waals surface area contributed by atoms with Crippen molar-refractivity contribution in [3.63, 3.8) is 0 Å². The highest BCUT2D eigenvalue weighted by atomic mass is 32.2. The molecule has 1 N–H and O–H groups in total. The van der Waals surface area contributed by atoms with Crippen molar-refractivity contribution in [2.45, 2.75) is 56.6 Å². The molecule has 23 heavy (non-hydrogen) atoms. The molecular formula is C17H23FN4S. The molecule has 1 aromatic heterocycles. The minimum absolute atomic E-state index is 0.0686. The molecule has 0 saturated carbocycles. The van der Waals surface area contributed by atoms with Crippen LogP contribution in [-0.2, 0) is 19.5 Å². The van der Waals surface area contributed by atoms with Crippen LogP contribution in [0.5, 0.6) is 0 Å². The van der Waals surface area contributed by atoms with Gasteiger partial charge in [-0.05, 0) is 43.7 Å². The molecule has 0 saturated heterocycles. The molecule has 0 unspecified atom stereocenters. The van der Waals surface area contributed by atoms with Gasteiger partial charge in [0.05, 0.1) is 6.54 Å². The van der Waals surface area contributed by atoms with Crippen LogP contribution in [0.1, 0.15) is 49.4 Å². The van der Waals surface area contributed by atoms with Gasteiger partial charge in [0.25, 0.3) is 0 Å². The summed E-state index contributed by atoms with van der Waals surface area (Å²) in [5, 5.41) is 12.1. The third-order valence-corrected chi connectivity index (χ3v) is 5.20. The van der Waals surface area contributed by atoms with Crippen LogP contribution < -0.4 is 5.32 Å². The van der Waals surface area contributed by atoms with Gasteiger partial charge in [0.2, 0.25) is 0 Å². The summed E-state index contributed by atoms with van der Waals surface area (Å²) in [6.45, 7) is 3.71. The van der Waals surface area contributed by atoms with Crippen molar-refractivity contribution in [1.82, 2.24) is 20.1 Å². The summed E-state index contributed by atoms with van der Waals surface area (Å²) in [6.07, 6.45) is 6.55. The number of nitrogens with one attached hydrogen (secondary N) is 1. The second kappa shape index (κ2) is 7.45. The minimum Gasteiger partial charge on any atom is -0.314 e. The lowest BCUT2D eigenvalue weighted by atomic mass is 10.1. The SMILES string of the molecule is CSc1ccc([C@@H](C)NCc2nnc3n2CCCCC3)cc1F. The molecule has 2 aromatic rings. The fourth-order valence-electron chi connectivity index (χ4n) is 2.99. The van der Waals surface area contributed by atoms with Gasteiger partial charge < -0.3 is 9.88 Å². The number of aryl methyl sites for hydroxylation is 1. The van der Waals surface area contributed by atoms with Gasteiger partial charge in [-0.1, -0.05) is 12.5 Å². The molecule has 0 aliphatic carbocycles. The molecule has 2 heterocycles. The summed E-state index contributed by atoms with van der Waals surface area (Å²) in [6, 6.07) is 5.51. The van der Waals surface area contributed by atoms with Crippen LogP contribution in [-0.4, -0.2) is 21.0 Å². The maximum atomic E-state index is 13.9. The first-order valence-electron chi connectivity index (χ1n) is 8.17. The summed E-state index contributed by atoms with van der Waals surface area (Å²) >= 11 is 1.43. The second-order valence-corrected chi connectivity index (χ2v) is 6.84. The first-order valence-corrected chi connectivity index (χ1v) is 9.39. The van der Waals surface area contributed by atoms with Crippen molar-refractivity contribution in [3.05, 3.63) is 41.2 Å². The van der Waals surface area contributed by atoms with Gasteiger partial charge in [0.1, 0.15) is 17.5 Å². The largest absolute Gasteiger partial charge is 0.314 e. The Morgan fingerprint density at radius 3 is 2.96 bits per heavy atom. The molecule has 1 atom stereocenters. The predicted octanol–water partition coefficient (Wildman–Crippen LogP) is 3.72. The highest BCUT2D eigenvalue weighted by Crippen LogP contribution is 2.23. The summed E-state index contributed by atoms with van der Waals surface area (Å²) in [5.74, 6) is 1.93. The van der Waals surface area contributed by atoms with Crippen molar-refractivity contribution < 1.29 is 4.39 Å². The Hall–Kier alpha value is -1.40. The molecule has 1 aromatic carbocycles. The highest BCUT2D eigenvalue weighted by molar-refractivity contribution is 7.98. The van der Waals surface area contributed by atoms with Crippen LogP contribution in [0.25, 0.3) is 0 Å². The van der Waals surface area contributed by atoms with Crippen LogP contribution in [0.4, 0.5) is 4.39 Å². The lowest BCUT2D eigenvalue weighted by Crippen LogP contribution is -2.21. The molecular weight excluding hydrogens is 311 g/mol. The van der Waals surface area contributed by atoms with Crippen LogP contribution >= 0.6 is 11.8 Å². The summed E-state index contributed by atoms with van der Waals surface area (Å²) in [4.78, 5) is 0.684. The van der Waals surface area contributed by atoms with Crippen molar-refractivity contribution in [3.8, 4) is 0 Å². The van der Waals surface area contributed by atoms with E-state index in [9.17, 15) is 4.39 Å². The number of hydrogen-bond acceptors (Lipinski definition) is 4. The molecule has 1 aliphatic heterocycles. The van der Waals surface area contributed by atoms with E-state index in [0.717, 1.165) is 30.2 Å². The molecule has 0 amide bonds. The zero-order chi connectivity index (χ0) is 16.2. The lowest BCUT2D eigenvalue weighted by Gasteiger charge is -2.15. The van der Waals surface area contributed by atoms with E-state index < -0.39 is 0 Å². The Bertz CT molecular complexity index is 671. The average molecular weight is 334 g/mol. The number of hydrogen-bond donors (Lipinski definition) is 1. The molecule has 6 heteroatoms. The predicted molar refractivity (Wildman–Crippen MR) is 91.0 cm³/mol. The third-order valence-electron chi connectivity index (χ3n) is 4.43. The Morgan fingerprint density at radius 2 is 2.17 bits per heavy atom. The van der Waals surface area contributed by atoms with Gasteiger partial charge in [0, 0.05) is 23.9 Å². The first kappa shape index (κ1) is 16.5. The van der Waals surface area contributed by atoms with E-state index in [0.29, 0.717) is 11.4 Å². The monoisotopic (exact) mass is 334 g/mol. The van der Waals surface area contributed by atoms with E-state index in [4.69, 9.17) is 0 Å². The van der Waals surface area contributed by atoms with E-state index in [1.165, 1.54) is 31.0 Å². The van der Waals surface area contributed by atoms with Crippen LogP contribution in [0.3, 0.4) is 0 Å². The number of thioether (sulfide) groups is 1. The number of rotatable bonds is 5. The maximum absolute atomic E-state index is 13.9. The van der Waals surface area contributed by atoms with Gasteiger partial charge in [-0.15, -0.1) is 22.0 Å². The topological polar surface area (TPSA) is 42.7 Å². The number of nitrogens with zero attached hydrogens (tertiary/aromatic N) is 3. The number of fused-ring (bicyclic) bond motifs is 1. The van der Waals surface area contributed by atoms with Gasteiger partial charge in [-0.2, -0.15) is 0 Å². The Labute approximate surface area is 140 Å². The molecule has 0 fully saturated rings. The smallest absolute Gasteiger partial charge is 0.147 e. The van der Waals surface area contributed by atoms with Crippen molar-refractivity contribution >= 4 is 11.8 Å². The van der Waals surface area contributed by atoms with Gasteiger partial charge >= 0.3 is 0 Å². The van der Waals surface area contributed by atoms with Gasteiger partial charge in [-0.25, -0.2) is 4.39 Å². The molecule has 4 nitrogen and oxygen atoms in total. The molecule has 0 bridgehead atoms. The Balaban J connectivity index is 1.66. The summed E-state index contributed by atoms with van der Waals surface area (Å²) in [5.41, 5.74) is 0.955. The van der Waals surface area contributed by atoms with Gasteiger partial charge in [0.15, 0.2) is 0 Å². The zero-order valence-corrected chi connectivity index (χ0v) is 14.5. The molecule has 0 spiro atoms. The quantitative estimate of drug-likeness (QED) is 0.847. The minimum atomic E-state index is -0.153. The fraction of sp³-hybridized carbons (Fsp3) is 0.529. The molecule has 124 valence electrons. The second-order valence-electron chi connectivity index (χ2n) is 5.99. The Morgan fingerprint density at radius 1 is 1.30 bits per heavy atom. The zero-order valence-electron chi connectivity index (χ0n) is 13.7. The normalized spacial score (nSPS) is 16.0. The lowest BCUT2D eigenvalue weighted by molar-refractivity contribution is 0.521. The Kier molecular flexibility index (Phi) is 5.33. The number of halogens is 1. The number of benzene rings is 1. The van der Waals surface area contributed by atoms with E-state index in [1.54, 1.807) is 6.07 Å². The average Bonchev–Trinajstić information content (AvgIpc) is 2.79. The first-order chi connectivity index (χ1) is 11.2. The fourth-order valence-corrected chi connectivity index (χ4v) is 3.45. The van der Waals surface area contributed by atoms with Crippen molar-refractivity contribution in [2.75, 3.05) is 6.26 Å². The molecule has 3 rings (SSSR count). The summed E-state index contributed by atoms with van der Waals surface area (Å²) < 4.78 is 16.2. The molecule has 1 aliphatic rings. The standard InChI is InChI=1S/C17H23FN4S/c1-12(13-7-8-15(23-2)14(18)10-13)19-11-17-21-20-16-6-4-3-5-9-22(16)17/h7-8,10,12,19H,3-6,9,11H2,1-2H3/t12-/m1/s1. The highest BCUT2D eigenvalue weighted by Gasteiger charge is 2.15. The van der Waals surface area contributed by atoms with E-state index in [-0.39, 0.29) is 11.9 Å². The summed E-state index contributed by atoms with van der Waals surface area (Å²) in [7, 11) is 0. The molecule has 0 radical (unpaired) electrons. The van der Waals surface area contributed by atoms with Gasteiger partial charge in [-0.3, -0.25) is 0 Å². The van der Waals surface area contributed by atoms with Crippen LogP contribution in [0.15, 0.2) is 23.1 Å².